The lowest BCUT2D eigenvalue weighted by Gasteiger charge is -2.42. The van der Waals surface area contributed by atoms with Gasteiger partial charge in [-0.3, -0.25) is 4.79 Å². The average Bonchev–Trinajstić information content (AvgIpc) is 2.51. The third-order valence-electron chi connectivity index (χ3n) is 4.55. The summed E-state index contributed by atoms with van der Waals surface area (Å²) in [5, 5.41) is 0. The topological polar surface area (TPSA) is 75.9 Å². The quantitative estimate of drug-likeness (QED) is 0.848. The van der Waals surface area contributed by atoms with Gasteiger partial charge >= 0.3 is 6.09 Å². The first kappa shape index (κ1) is 22.1. The molecule has 0 bridgehead atoms. The van der Waals surface area contributed by atoms with Gasteiger partial charge < -0.3 is 20.3 Å². The fourth-order valence-corrected chi connectivity index (χ4v) is 3.37. The molecule has 1 aromatic carbocycles. The maximum atomic E-state index is 13.4. The molecule has 1 saturated heterocycles. The zero-order chi connectivity index (χ0) is 21.1. The number of hydrogen-bond acceptors (Lipinski definition) is 4. The molecule has 0 aliphatic carbocycles. The Morgan fingerprint density at radius 3 is 2.36 bits per heavy atom. The summed E-state index contributed by atoms with van der Waals surface area (Å²) in [6.45, 7) is 7.97. The van der Waals surface area contributed by atoms with Crippen LogP contribution in [-0.2, 0) is 16.0 Å². The monoisotopic (exact) mass is 397 g/mol. The first-order valence-corrected chi connectivity index (χ1v) is 9.40. The fraction of sp³-hybridized carbons (Fsp3) is 0.600. The van der Waals surface area contributed by atoms with E-state index in [1.807, 2.05) is 0 Å². The van der Waals surface area contributed by atoms with Crippen molar-refractivity contribution in [2.45, 2.75) is 58.2 Å². The first-order chi connectivity index (χ1) is 12.9. The highest BCUT2D eigenvalue weighted by Gasteiger charge is 2.35. The van der Waals surface area contributed by atoms with Crippen molar-refractivity contribution in [2.75, 3.05) is 19.6 Å². The summed E-state index contributed by atoms with van der Waals surface area (Å²) in [7, 11) is 0. The van der Waals surface area contributed by atoms with Crippen LogP contribution in [0.3, 0.4) is 0 Å². The number of amides is 2. The van der Waals surface area contributed by atoms with Crippen LogP contribution in [0.1, 0.15) is 39.7 Å². The fourth-order valence-electron chi connectivity index (χ4n) is 3.37. The van der Waals surface area contributed by atoms with Crippen LogP contribution in [0.25, 0.3) is 0 Å². The van der Waals surface area contributed by atoms with E-state index >= 15 is 0 Å². The summed E-state index contributed by atoms with van der Waals surface area (Å²) in [5.41, 5.74) is 6.03. The molecule has 0 aromatic heterocycles. The lowest BCUT2D eigenvalue weighted by atomic mass is 9.97. The molecule has 0 radical (unpaired) electrons. The molecular formula is C20H29F2N3O3. The van der Waals surface area contributed by atoms with E-state index in [4.69, 9.17) is 10.5 Å². The minimum absolute atomic E-state index is 0.0744. The Kier molecular flexibility index (Phi) is 6.98. The Bertz CT molecular complexity index is 701. The maximum absolute atomic E-state index is 13.4. The minimum Gasteiger partial charge on any atom is -0.444 e. The number of nitrogens with two attached hydrogens (primary N) is 1. The number of carbonyl (C=O) groups is 2. The van der Waals surface area contributed by atoms with Crippen LogP contribution < -0.4 is 5.73 Å². The summed E-state index contributed by atoms with van der Waals surface area (Å²) in [4.78, 5) is 27.6. The Morgan fingerprint density at radius 1 is 1.21 bits per heavy atom. The van der Waals surface area contributed by atoms with E-state index in [1.54, 1.807) is 30.6 Å². The van der Waals surface area contributed by atoms with Gasteiger partial charge in [-0.25, -0.2) is 13.6 Å². The standard InChI is InChI=1S/C20H29F2N3O3/c1-13(26)24-5-6-25(19(27)28-20(2,3)4)18(12-24)11-17(23)9-14-7-15(21)10-16(22)8-14/h7-8,10,17-18H,5-6,9,11-12,23H2,1-4H3/t17?,18-/m0/s1. The number of nitrogens with zero attached hydrogens (tertiary/aromatic N) is 2. The molecule has 2 N–H and O–H groups in total. The predicted molar refractivity (Wildman–Crippen MR) is 102 cm³/mol. The van der Waals surface area contributed by atoms with Gasteiger partial charge in [0.15, 0.2) is 0 Å². The third-order valence-corrected chi connectivity index (χ3v) is 4.55. The Balaban J connectivity index is 2.10. The molecule has 0 saturated carbocycles. The zero-order valence-corrected chi connectivity index (χ0v) is 16.9. The molecule has 2 atom stereocenters. The van der Waals surface area contributed by atoms with E-state index in [0.717, 1.165) is 6.07 Å². The number of piperazine rings is 1. The van der Waals surface area contributed by atoms with Gasteiger partial charge in [0, 0.05) is 38.7 Å². The van der Waals surface area contributed by atoms with E-state index in [0.29, 0.717) is 31.6 Å². The van der Waals surface area contributed by atoms with Crippen molar-refractivity contribution < 1.29 is 23.1 Å². The van der Waals surface area contributed by atoms with Gasteiger partial charge in [-0.05, 0) is 51.3 Å². The van der Waals surface area contributed by atoms with Crippen LogP contribution in [0.5, 0.6) is 0 Å². The van der Waals surface area contributed by atoms with Crippen LogP contribution in [0.2, 0.25) is 0 Å². The van der Waals surface area contributed by atoms with Crippen molar-refractivity contribution in [3.8, 4) is 0 Å². The van der Waals surface area contributed by atoms with Crippen molar-refractivity contribution in [1.29, 1.82) is 0 Å². The second-order valence-corrected chi connectivity index (χ2v) is 8.27. The summed E-state index contributed by atoms with van der Waals surface area (Å²) in [5.74, 6) is -1.38. The second kappa shape index (κ2) is 8.86. The van der Waals surface area contributed by atoms with Crippen molar-refractivity contribution >= 4 is 12.0 Å². The van der Waals surface area contributed by atoms with Gasteiger partial charge in [0.05, 0.1) is 6.04 Å². The smallest absolute Gasteiger partial charge is 0.410 e. The molecule has 156 valence electrons. The van der Waals surface area contributed by atoms with Crippen molar-refractivity contribution in [2.24, 2.45) is 5.73 Å². The number of rotatable bonds is 4. The molecule has 1 heterocycles. The number of benzene rings is 1. The lowest BCUT2D eigenvalue weighted by Crippen LogP contribution is -2.58. The second-order valence-electron chi connectivity index (χ2n) is 8.27. The van der Waals surface area contributed by atoms with Crippen molar-refractivity contribution in [3.63, 3.8) is 0 Å². The van der Waals surface area contributed by atoms with Crippen molar-refractivity contribution in [1.82, 2.24) is 9.80 Å². The van der Waals surface area contributed by atoms with Gasteiger partial charge in [-0.1, -0.05) is 0 Å². The largest absolute Gasteiger partial charge is 0.444 e. The molecule has 2 rings (SSSR count). The molecule has 28 heavy (non-hydrogen) atoms. The van der Waals surface area contributed by atoms with E-state index in [9.17, 15) is 18.4 Å². The van der Waals surface area contributed by atoms with E-state index < -0.39 is 29.4 Å². The van der Waals surface area contributed by atoms with E-state index in [2.05, 4.69) is 0 Å². The summed E-state index contributed by atoms with van der Waals surface area (Å²) in [6.07, 6.45) is 0.180. The van der Waals surface area contributed by atoms with Crippen LogP contribution in [-0.4, -0.2) is 59.1 Å². The highest BCUT2D eigenvalue weighted by molar-refractivity contribution is 5.74. The zero-order valence-electron chi connectivity index (χ0n) is 16.9. The van der Waals surface area contributed by atoms with E-state index in [1.165, 1.54) is 19.1 Å². The van der Waals surface area contributed by atoms with Crippen molar-refractivity contribution in [3.05, 3.63) is 35.4 Å². The summed E-state index contributed by atoms with van der Waals surface area (Å²) < 4.78 is 32.3. The molecule has 1 unspecified atom stereocenters. The molecule has 8 heteroatoms. The number of ether oxygens (including phenoxy) is 1. The molecule has 1 fully saturated rings. The first-order valence-electron chi connectivity index (χ1n) is 9.40. The maximum Gasteiger partial charge on any atom is 0.410 e. The van der Waals surface area contributed by atoms with Gasteiger partial charge in [-0.2, -0.15) is 0 Å². The van der Waals surface area contributed by atoms with Crippen LogP contribution in [0.4, 0.5) is 13.6 Å². The predicted octanol–water partition coefficient (Wildman–Crippen LogP) is 2.69. The van der Waals surface area contributed by atoms with Gasteiger partial charge in [0.1, 0.15) is 17.2 Å². The van der Waals surface area contributed by atoms with Gasteiger partial charge in [-0.15, -0.1) is 0 Å². The number of hydrogen-bond donors (Lipinski definition) is 1. The summed E-state index contributed by atoms with van der Waals surface area (Å²) in [6, 6.07) is 2.53. The molecular weight excluding hydrogens is 368 g/mol. The molecule has 2 amide bonds. The highest BCUT2D eigenvalue weighted by atomic mass is 19.1. The Hall–Kier alpha value is -2.22. The Morgan fingerprint density at radius 2 is 1.82 bits per heavy atom. The molecule has 1 aromatic rings. The van der Waals surface area contributed by atoms with Crippen LogP contribution in [0, 0.1) is 11.6 Å². The summed E-state index contributed by atoms with van der Waals surface area (Å²) >= 11 is 0. The van der Waals surface area contributed by atoms with E-state index in [-0.39, 0.29) is 18.4 Å². The lowest BCUT2D eigenvalue weighted by molar-refractivity contribution is -0.132. The third kappa shape index (κ3) is 6.44. The highest BCUT2D eigenvalue weighted by Crippen LogP contribution is 2.20. The Labute approximate surface area is 164 Å². The minimum atomic E-state index is -0.655. The number of carbonyl (C=O) groups excluding carboxylic acids is 2. The molecule has 1 aliphatic heterocycles. The van der Waals surface area contributed by atoms with Crippen LogP contribution >= 0.6 is 0 Å². The van der Waals surface area contributed by atoms with Crippen LogP contribution in [0.15, 0.2) is 18.2 Å². The number of halogens is 2. The van der Waals surface area contributed by atoms with Gasteiger partial charge in [0.25, 0.3) is 0 Å². The normalized spacial score (nSPS) is 18.8. The molecule has 0 spiro atoms. The average molecular weight is 397 g/mol. The van der Waals surface area contributed by atoms with Gasteiger partial charge in [0.2, 0.25) is 5.91 Å². The SMILES string of the molecule is CC(=O)N1CCN(C(=O)OC(C)(C)C)[C@@H](CC(N)Cc2cc(F)cc(F)c2)C1. The molecule has 6 nitrogen and oxygen atoms in total. The molecule has 1 aliphatic rings.